The Morgan fingerprint density at radius 2 is 1.55 bits per heavy atom. The third kappa shape index (κ3) is 4.68. The van der Waals surface area contributed by atoms with Crippen LogP contribution in [0.3, 0.4) is 0 Å². The molecule has 11 heteroatoms. The molecule has 1 aromatic heterocycles. The quantitative estimate of drug-likeness (QED) is 0.492. The highest BCUT2D eigenvalue weighted by Gasteiger charge is 2.18. The molecule has 3 N–H and O–H groups in total. The number of carbonyl (C=O) groups excluding carboxylic acids is 2. The predicted molar refractivity (Wildman–Crippen MR) is 107 cm³/mol. The van der Waals surface area contributed by atoms with E-state index in [1.165, 1.54) is 42.7 Å². The van der Waals surface area contributed by atoms with E-state index in [0.717, 1.165) is 0 Å². The first-order chi connectivity index (χ1) is 14.9. The lowest BCUT2D eigenvalue weighted by Gasteiger charge is -2.09. The van der Waals surface area contributed by atoms with Crippen LogP contribution >= 0.6 is 0 Å². The van der Waals surface area contributed by atoms with Crippen LogP contribution < -0.4 is 25.0 Å². The number of hydrogen-bond acceptors (Lipinski definition) is 7. The van der Waals surface area contributed by atoms with E-state index >= 15 is 0 Å². The molecule has 1 aliphatic heterocycles. The van der Waals surface area contributed by atoms with Gasteiger partial charge in [0.2, 0.25) is 16.8 Å². The number of benzene rings is 2. The fraction of sp³-hybridized carbons (Fsp3) is 0.100. The molecule has 0 aliphatic carbocycles. The zero-order valence-electron chi connectivity index (χ0n) is 16.0. The maximum absolute atomic E-state index is 12.3. The monoisotopic (exact) mass is 443 g/mol. The molecule has 0 bridgehead atoms. The number of fused-ring (bicyclic) bond motifs is 1. The Morgan fingerprint density at radius 1 is 0.871 bits per heavy atom. The topological polar surface area (TPSA) is 136 Å². The van der Waals surface area contributed by atoms with Crippen molar-refractivity contribution in [1.82, 2.24) is 15.6 Å². The summed E-state index contributed by atoms with van der Waals surface area (Å²) in [7, 11) is -3.78. The molecule has 0 radical (unpaired) electrons. The smallest absolute Gasteiger partial charge is 0.269 e. The number of amides is 2. The van der Waals surface area contributed by atoms with E-state index < -0.39 is 21.8 Å². The highest BCUT2D eigenvalue weighted by molar-refractivity contribution is 7.89. The second-order valence-electron chi connectivity index (χ2n) is 6.40. The average Bonchev–Trinajstić information content (AvgIpc) is 3.47. The van der Waals surface area contributed by atoms with Gasteiger partial charge in [-0.25, -0.2) is 13.1 Å². The number of rotatable bonds is 6. The van der Waals surface area contributed by atoms with Gasteiger partial charge in [0, 0.05) is 11.1 Å². The molecule has 0 atom stereocenters. The second-order valence-corrected chi connectivity index (χ2v) is 8.17. The van der Waals surface area contributed by atoms with Gasteiger partial charge in [-0.2, -0.15) is 0 Å². The van der Waals surface area contributed by atoms with E-state index in [2.05, 4.69) is 15.6 Å². The zero-order chi connectivity index (χ0) is 21.8. The molecule has 0 saturated heterocycles. The molecule has 0 fully saturated rings. The summed E-state index contributed by atoms with van der Waals surface area (Å²) in [5.41, 5.74) is 5.01. The van der Waals surface area contributed by atoms with E-state index in [9.17, 15) is 18.0 Å². The number of hydrogen-bond donors (Lipinski definition) is 3. The summed E-state index contributed by atoms with van der Waals surface area (Å²) >= 11 is 0. The van der Waals surface area contributed by atoms with Crippen LogP contribution in [0.15, 0.2) is 70.2 Å². The third-order valence-corrected chi connectivity index (χ3v) is 5.78. The van der Waals surface area contributed by atoms with E-state index in [0.29, 0.717) is 17.3 Å². The number of ether oxygens (including phenoxy) is 2. The number of carbonyl (C=O) groups is 2. The van der Waals surface area contributed by atoms with Crippen molar-refractivity contribution in [3.05, 3.63) is 77.7 Å². The van der Waals surface area contributed by atoms with E-state index in [1.807, 2.05) is 0 Å². The third-order valence-electron chi connectivity index (χ3n) is 4.37. The van der Waals surface area contributed by atoms with Gasteiger partial charge in [-0.05, 0) is 54.6 Å². The minimum absolute atomic E-state index is 0.00343. The van der Waals surface area contributed by atoms with Crippen molar-refractivity contribution < 1.29 is 31.9 Å². The summed E-state index contributed by atoms with van der Waals surface area (Å²) in [6.07, 6.45) is 1.45. The Bertz CT molecular complexity index is 1210. The molecular formula is C20H17N3O7S. The fourth-order valence-electron chi connectivity index (χ4n) is 2.74. The van der Waals surface area contributed by atoms with Crippen molar-refractivity contribution in [3.8, 4) is 11.5 Å². The van der Waals surface area contributed by atoms with Gasteiger partial charge in [0.25, 0.3) is 11.8 Å². The van der Waals surface area contributed by atoms with Crippen molar-refractivity contribution in [2.45, 2.75) is 11.4 Å². The van der Waals surface area contributed by atoms with Gasteiger partial charge in [-0.1, -0.05) is 0 Å². The Labute approximate surface area is 177 Å². The number of furan rings is 1. The van der Waals surface area contributed by atoms with Gasteiger partial charge >= 0.3 is 0 Å². The van der Waals surface area contributed by atoms with E-state index in [1.54, 1.807) is 18.2 Å². The van der Waals surface area contributed by atoms with Crippen molar-refractivity contribution in [2.24, 2.45) is 0 Å². The molecule has 1 aliphatic rings. The Morgan fingerprint density at radius 3 is 2.26 bits per heavy atom. The summed E-state index contributed by atoms with van der Waals surface area (Å²) in [6, 6.07) is 13.2. The van der Waals surface area contributed by atoms with Gasteiger partial charge in [0.1, 0.15) is 5.76 Å². The van der Waals surface area contributed by atoms with Crippen molar-refractivity contribution in [3.63, 3.8) is 0 Å². The SMILES string of the molecule is O=C(NNC(=O)c1ccc2c(c1)OCO2)c1ccc(S(=O)(=O)NCc2ccco2)cc1. The molecule has 4 rings (SSSR count). The fourth-order valence-corrected chi connectivity index (χ4v) is 3.74. The summed E-state index contributed by atoms with van der Waals surface area (Å²) in [5.74, 6) is 0.290. The lowest BCUT2D eigenvalue weighted by Crippen LogP contribution is -2.41. The molecule has 2 heterocycles. The first-order valence-corrected chi connectivity index (χ1v) is 10.5. The number of hydrazine groups is 1. The van der Waals surface area contributed by atoms with Gasteiger partial charge < -0.3 is 13.9 Å². The Kier molecular flexibility index (Phi) is 5.60. The average molecular weight is 443 g/mol. The van der Waals surface area contributed by atoms with Gasteiger partial charge in [-0.3, -0.25) is 20.4 Å². The second kappa shape index (κ2) is 8.50. The maximum atomic E-state index is 12.3. The van der Waals surface area contributed by atoms with Crippen LogP contribution in [0.25, 0.3) is 0 Å². The summed E-state index contributed by atoms with van der Waals surface area (Å²) < 4.78 is 42.5. The van der Waals surface area contributed by atoms with Crippen LogP contribution in [0.5, 0.6) is 11.5 Å². The van der Waals surface area contributed by atoms with Crippen LogP contribution in [0.4, 0.5) is 0 Å². The van der Waals surface area contributed by atoms with Crippen LogP contribution in [-0.2, 0) is 16.6 Å². The summed E-state index contributed by atoms with van der Waals surface area (Å²) in [4.78, 5) is 24.5. The minimum atomic E-state index is -3.78. The van der Waals surface area contributed by atoms with E-state index in [4.69, 9.17) is 13.9 Å². The first kappa shape index (κ1) is 20.4. The van der Waals surface area contributed by atoms with Gasteiger partial charge in [0.05, 0.1) is 17.7 Å². The summed E-state index contributed by atoms with van der Waals surface area (Å²) in [5, 5.41) is 0. The molecule has 2 amide bonds. The Balaban J connectivity index is 1.34. The molecule has 0 unspecified atom stereocenters. The maximum Gasteiger partial charge on any atom is 0.269 e. The molecule has 0 saturated carbocycles. The molecule has 2 aromatic carbocycles. The zero-order valence-corrected chi connectivity index (χ0v) is 16.8. The Hall–Kier alpha value is -3.83. The highest BCUT2D eigenvalue weighted by atomic mass is 32.2. The lowest BCUT2D eigenvalue weighted by molar-refractivity contribution is 0.0846. The summed E-state index contributed by atoms with van der Waals surface area (Å²) in [6.45, 7) is 0.0880. The molecular weight excluding hydrogens is 426 g/mol. The normalized spacial score (nSPS) is 12.4. The molecule has 160 valence electrons. The van der Waals surface area contributed by atoms with Crippen molar-refractivity contribution in [1.29, 1.82) is 0 Å². The lowest BCUT2D eigenvalue weighted by atomic mass is 10.2. The number of sulfonamides is 1. The predicted octanol–water partition coefficient (Wildman–Crippen LogP) is 1.56. The largest absolute Gasteiger partial charge is 0.468 e. The standard InChI is InChI=1S/C20H17N3O7S/c24-19(22-23-20(25)14-5-8-17-18(10-14)30-12-29-17)13-3-6-16(7-4-13)31(26,27)21-11-15-2-1-9-28-15/h1-10,21H,11-12H2,(H,22,24)(H,23,25). The van der Waals surface area contributed by atoms with Gasteiger partial charge in [-0.15, -0.1) is 0 Å². The van der Waals surface area contributed by atoms with Crippen LogP contribution in [-0.4, -0.2) is 27.0 Å². The minimum Gasteiger partial charge on any atom is -0.468 e. The molecule has 10 nitrogen and oxygen atoms in total. The highest BCUT2D eigenvalue weighted by Crippen LogP contribution is 2.32. The van der Waals surface area contributed by atoms with Crippen molar-refractivity contribution >= 4 is 21.8 Å². The molecule has 3 aromatic rings. The molecule has 0 spiro atoms. The van der Waals surface area contributed by atoms with Crippen LogP contribution in [0.1, 0.15) is 26.5 Å². The number of nitrogens with one attached hydrogen (secondary N) is 3. The first-order valence-electron chi connectivity index (χ1n) is 9.05. The van der Waals surface area contributed by atoms with Crippen LogP contribution in [0.2, 0.25) is 0 Å². The van der Waals surface area contributed by atoms with Crippen LogP contribution in [0, 0.1) is 0 Å². The van der Waals surface area contributed by atoms with Crippen molar-refractivity contribution in [2.75, 3.05) is 6.79 Å². The van der Waals surface area contributed by atoms with Gasteiger partial charge in [0.15, 0.2) is 11.5 Å². The molecule has 31 heavy (non-hydrogen) atoms. The van der Waals surface area contributed by atoms with E-state index in [-0.39, 0.29) is 29.4 Å².